The van der Waals surface area contributed by atoms with Crippen molar-refractivity contribution in [3.63, 3.8) is 0 Å². The first-order chi connectivity index (χ1) is 13.3. The van der Waals surface area contributed by atoms with E-state index in [4.69, 9.17) is 9.47 Å². The Bertz CT molecular complexity index is 873. The van der Waals surface area contributed by atoms with Crippen molar-refractivity contribution in [3.8, 4) is 11.5 Å². The van der Waals surface area contributed by atoms with Gasteiger partial charge in [0, 0.05) is 26.7 Å². The Morgan fingerprint density at radius 3 is 2.54 bits per heavy atom. The molecule has 2 aliphatic heterocycles. The molecule has 28 heavy (non-hydrogen) atoms. The summed E-state index contributed by atoms with van der Waals surface area (Å²) < 4.78 is 51.3. The Hall–Kier alpha value is -2.71. The molecule has 0 saturated carbocycles. The van der Waals surface area contributed by atoms with E-state index in [0.717, 1.165) is 24.5 Å². The zero-order chi connectivity index (χ0) is 19.9. The van der Waals surface area contributed by atoms with Crippen molar-refractivity contribution in [3.05, 3.63) is 35.5 Å². The fourth-order valence-electron chi connectivity index (χ4n) is 3.54. The topological polar surface area (TPSA) is 50.7 Å². The number of fused-ring (bicyclic) bond motifs is 1. The number of anilines is 2. The van der Waals surface area contributed by atoms with Crippen LogP contribution in [0.4, 0.5) is 24.9 Å². The van der Waals surface area contributed by atoms with Crippen molar-refractivity contribution in [2.45, 2.75) is 25.1 Å². The molecular formula is C19H21F3N4O2. The average molecular weight is 394 g/mol. The summed E-state index contributed by atoms with van der Waals surface area (Å²) in [5.74, 6) is 1.67. The highest BCUT2D eigenvalue weighted by molar-refractivity contribution is 5.50. The van der Waals surface area contributed by atoms with Crippen LogP contribution in [0.15, 0.2) is 24.3 Å². The number of hydrogen-bond acceptors (Lipinski definition) is 6. The number of ether oxygens (including phenoxy) is 2. The van der Waals surface area contributed by atoms with E-state index in [-0.39, 0.29) is 17.8 Å². The van der Waals surface area contributed by atoms with Crippen molar-refractivity contribution in [1.82, 2.24) is 9.97 Å². The van der Waals surface area contributed by atoms with Gasteiger partial charge in [0.2, 0.25) is 5.95 Å². The molecule has 2 aromatic rings. The van der Waals surface area contributed by atoms with E-state index in [0.29, 0.717) is 31.3 Å². The maximum Gasteiger partial charge on any atom is 0.433 e. The molecule has 1 saturated heterocycles. The lowest BCUT2D eigenvalue weighted by atomic mass is 10.0. The molecule has 6 nitrogen and oxygen atoms in total. The number of rotatable bonds is 3. The van der Waals surface area contributed by atoms with Crippen molar-refractivity contribution in [2.75, 3.05) is 43.7 Å². The highest BCUT2D eigenvalue weighted by atomic mass is 19.4. The summed E-state index contributed by atoms with van der Waals surface area (Å²) in [7, 11) is 3.32. The largest absolute Gasteiger partial charge is 0.486 e. The second-order valence-corrected chi connectivity index (χ2v) is 7.06. The molecule has 1 atom stereocenters. The molecule has 150 valence electrons. The molecular weight excluding hydrogens is 373 g/mol. The van der Waals surface area contributed by atoms with Crippen LogP contribution in [0.2, 0.25) is 0 Å². The summed E-state index contributed by atoms with van der Waals surface area (Å²) in [5.41, 5.74) is 0.0168. The Balaban J connectivity index is 1.71. The van der Waals surface area contributed by atoms with Gasteiger partial charge in [0.25, 0.3) is 0 Å². The molecule has 4 rings (SSSR count). The van der Waals surface area contributed by atoms with Gasteiger partial charge in [-0.15, -0.1) is 0 Å². The number of benzene rings is 1. The molecule has 1 unspecified atom stereocenters. The first kappa shape index (κ1) is 18.6. The van der Waals surface area contributed by atoms with E-state index >= 15 is 0 Å². The van der Waals surface area contributed by atoms with Crippen LogP contribution in [0, 0.1) is 0 Å². The summed E-state index contributed by atoms with van der Waals surface area (Å²) in [6.45, 7) is 1.58. The van der Waals surface area contributed by atoms with Crippen LogP contribution in [0.3, 0.4) is 0 Å². The van der Waals surface area contributed by atoms with E-state index in [2.05, 4.69) is 9.97 Å². The normalized spacial score (nSPS) is 19.0. The van der Waals surface area contributed by atoms with Gasteiger partial charge in [-0.1, -0.05) is 6.07 Å². The van der Waals surface area contributed by atoms with Crippen LogP contribution < -0.4 is 19.3 Å². The number of halogens is 3. The Morgan fingerprint density at radius 2 is 1.82 bits per heavy atom. The molecule has 0 spiro atoms. The lowest BCUT2D eigenvalue weighted by molar-refractivity contribution is -0.141. The van der Waals surface area contributed by atoms with E-state index in [1.807, 2.05) is 23.1 Å². The van der Waals surface area contributed by atoms with Gasteiger partial charge in [0.05, 0.1) is 6.04 Å². The van der Waals surface area contributed by atoms with Gasteiger partial charge in [0.15, 0.2) is 17.2 Å². The molecule has 1 aromatic carbocycles. The van der Waals surface area contributed by atoms with Crippen molar-refractivity contribution >= 4 is 11.8 Å². The van der Waals surface area contributed by atoms with Crippen molar-refractivity contribution in [2.24, 2.45) is 0 Å². The van der Waals surface area contributed by atoms with E-state index in [1.54, 1.807) is 19.0 Å². The fourth-order valence-corrected chi connectivity index (χ4v) is 3.54. The van der Waals surface area contributed by atoms with Crippen molar-refractivity contribution < 1.29 is 22.6 Å². The molecule has 0 radical (unpaired) electrons. The van der Waals surface area contributed by atoms with Gasteiger partial charge in [-0.25, -0.2) is 4.98 Å². The number of hydrogen-bond donors (Lipinski definition) is 0. The Kier molecular flexibility index (Phi) is 4.68. The summed E-state index contributed by atoms with van der Waals surface area (Å²) >= 11 is 0. The number of aromatic nitrogens is 2. The van der Waals surface area contributed by atoms with Gasteiger partial charge >= 0.3 is 6.18 Å². The Labute approximate surface area is 160 Å². The van der Waals surface area contributed by atoms with E-state index in [9.17, 15) is 13.2 Å². The van der Waals surface area contributed by atoms with Crippen LogP contribution in [0.1, 0.15) is 30.1 Å². The predicted octanol–water partition coefficient (Wildman–Crippen LogP) is 3.67. The molecule has 9 heteroatoms. The van der Waals surface area contributed by atoms with Gasteiger partial charge < -0.3 is 19.3 Å². The first-order valence-electron chi connectivity index (χ1n) is 9.13. The first-order valence-corrected chi connectivity index (χ1v) is 9.13. The summed E-state index contributed by atoms with van der Waals surface area (Å²) in [4.78, 5) is 11.6. The van der Waals surface area contributed by atoms with Crippen LogP contribution in [0.5, 0.6) is 11.5 Å². The quantitative estimate of drug-likeness (QED) is 0.792. The fraction of sp³-hybridized carbons (Fsp3) is 0.474. The second kappa shape index (κ2) is 7.03. The van der Waals surface area contributed by atoms with Gasteiger partial charge in [-0.3, -0.25) is 0 Å². The third-order valence-corrected chi connectivity index (χ3v) is 4.91. The molecule has 0 amide bonds. The predicted molar refractivity (Wildman–Crippen MR) is 98.1 cm³/mol. The average Bonchev–Trinajstić information content (AvgIpc) is 3.16. The standard InChI is InChI=1S/C19H21F3N4O2/c1-25(2)17-11-16(19(20,21)22)23-18(24-17)26-7-3-4-13(26)12-5-6-14-15(10-12)28-9-8-27-14/h5-6,10-11,13H,3-4,7-9H2,1-2H3. The summed E-state index contributed by atoms with van der Waals surface area (Å²) in [6, 6.07) is 6.53. The van der Waals surface area contributed by atoms with Crippen LogP contribution in [0.25, 0.3) is 0 Å². The maximum atomic E-state index is 13.3. The van der Waals surface area contributed by atoms with Crippen LogP contribution >= 0.6 is 0 Å². The molecule has 0 bridgehead atoms. The zero-order valence-corrected chi connectivity index (χ0v) is 15.7. The highest BCUT2D eigenvalue weighted by Crippen LogP contribution is 2.40. The van der Waals surface area contributed by atoms with Gasteiger partial charge in [-0.05, 0) is 30.5 Å². The van der Waals surface area contributed by atoms with Crippen molar-refractivity contribution in [1.29, 1.82) is 0 Å². The molecule has 2 aliphatic rings. The Morgan fingerprint density at radius 1 is 1.07 bits per heavy atom. The summed E-state index contributed by atoms with van der Waals surface area (Å²) in [5, 5.41) is 0. The van der Waals surface area contributed by atoms with Crippen LogP contribution in [-0.2, 0) is 6.18 Å². The van der Waals surface area contributed by atoms with Crippen LogP contribution in [-0.4, -0.2) is 43.8 Å². The van der Waals surface area contributed by atoms with E-state index < -0.39 is 11.9 Å². The minimum absolute atomic E-state index is 0.0934. The monoisotopic (exact) mass is 394 g/mol. The minimum Gasteiger partial charge on any atom is -0.486 e. The lowest BCUT2D eigenvalue weighted by Gasteiger charge is -2.28. The highest BCUT2D eigenvalue weighted by Gasteiger charge is 2.36. The second-order valence-electron chi connectivity index (χ2n) is 7.06. The minimum atomic E-state index is -4.53. The maximum absolute atomic E-state index is 13.3. The molecule has 1 fully saturated rings. The zero-order valence-electron chi connectivity index (χ0n) is 15.7. The lowest BCUT2D eigenvalue weighted by Crippen LogP contribution is -2.27. The molecule has 3 heterocycles. The number of nitrogens with zero attached hydrogens (tertiary/aromatic N) is 4. The number of alkyl halides is 3. The molecule has 1 aromatic heterocycles. The van der Waals surface area contributed by atoms with Gasteiger partial charge in [-0.2, -0.15) is 18.2 Å². The smallest absolute Gasteiger partial charge is 0.433 e. The SMILES string of the molecule is CN(C)c1cc(C(F)(F)F)nc(N2CCCC2c2ccc3c(c2)OCCO3)n1. The molecule has 0 aliphatic carbocycles. The third-order valence-electron chi connectivity index (χ3n) is 4.91. The van der Waals surface area contributed by atoms with Gasteiger partial charge in [0.1, 0.15) is 19.0 Å². The molecule has 0 N–H and O–H groups in total. The van der Waals surface area contributed by atoms with E-state index in [1.165, 1.54) is 0 Å². The summed E-state index contributed by atoms with van der Waals surface area (Å²) in [6.07, 6.45) is -2.89. The third kappa shape index (κ3) is 3.53.